The van der Waals surface area contributed by atoms with Crippen molar-refractivity contribution in [3.05, 3.63) is 41.4 Å². The van der Waals surface area contributed by atoms with Crippen molar-refractivity contribution in [2.45, 2.75) is 53.1 Å². The van der Waals surface area contributed by atoms with Gasteiger partial charge in [-0.25, -0.2) is 14.2 Å². The van der Waals surface area contributed by atoms with Crippen molar-refractivity contribution >= 4 is 49.7 Å². The Kier molecular flexibility index (Phi) is 8.19. The van der Waals surface area contributed by atoms with Crippen LogP contribution in [0.1, 0.15) is 45.7 Å². The van der Waals surface area contributed by atoms with Gasteiger partial charge in [0.25, 0.3) is 0 Å². The highest BCUT2D eigenvalue weighted by Gasteiger charge is 2.32. The summed E-state index contributed by atoms with van der Waals surface area (Å²) in [6.45, 7) is 16.5. The number of esters is 1. The van der Waals surface area contributed by atoms with Crippen molar-refractivity contribution in [2.75, 3.05) is 25.1 Å². The number of para-hydroxylation sites is 1. The van der Waals surface area contributed by atoms with Crippen molar-refractivity contribution in [1.82, 2.24) is 9.36 Å². The van der Waals surface area contributed by atoms with Crippen LogP contribution in [-0.4, -0.2) is 41.6 Å². The molecule has 0 radical (unpaired) electrons. The minimum Gasteiger partial charge on any atom is -0.496 e. The first-order valence-electron chi connectivity index (χ1n) is 12.1. The van der Waals surface area contributed by atoms with Crippen molar-refractivity contribution in [3.63, 3.8) is 0 Å². The van der Waals surface area contributed by atoms with E-state index in [9.17, 15) is 4.79 Å². The first kappa shape index (κ1) is 26.7. The molecule has 0 spiro atoms. The number of anilines is 1. The van der Waals surface area contributed by atoms with E-state index in [1.54, 1.807) is 14.0 Å². The Morgan fingerprint density at radius 2 is 1.95 bits per heavy atom. The molecular weight excluding hydrogens is 508 g/mol. The van der Waals surface area contributed by atoms with E-state index in [-0.39, 0.29) is 12.1 Å². The Bertz CT molecular complexity index is 1330. The zero-order valence-corrected chi connectivity index (χ0v) is 23.3. The molecule has 0 saturated carbocycles. The number of piperidine rings is 1. The van der Waals surface area contributed by atoms with Crippen LogP contribution in [-0.2, 0) is 9.53 Å². The van der Waals surface area contributed by atoms with Gasteiger partial charge in [0.15, 0.2) is 15.1 Å². The van der Waals surface area contributed by atoms with Gasteiger partial charge in [0.2, 0.25) is 5.69 Å². The lowest BCUT2D eigenvalue weighted by molar-refractivity contribution is -0.160. The number of ether oxygens (including phenoxy) is 2. The van der Waals surface area contributed by atoms with Crippen LogP contribution in [0.2, 0.25) is 0 Å². The molecule has 1 saturated heterocycles. The first-order chi connectivity index (χ1) is 17.8. The van der Waals surface area contributed by atoms with Crippen molar-refractivity contribution < 1.29 is 14.3 Å². The number of hydrogen-bond acceptors (Lipinski definition) is 10. The second-order valence-corrected chi connectivity index (χ2v) is 11.1. The van der Waals surface area contributed by atoms with Crippen LogP contribution < -0.4 is 9.64 Å². The number of benzene rings is 1. The van der Waals surface area contributed by atoms with E-state index < -0.39 is 5.41 Å². The number of methoxy groups -OCH3 is 1. The standard InChI is InChI=1S/C26H30N6O3S2/c1-7-26(3,4)24(33)35-17-12-14-32(15-13-17)25-28-21(18-10-8-9-11-19(18)34-6)22(36-25)29-30-23-20(27-5)16(2)31-37-23/h8-11,17H,7,12-15H2,1-4,6H3. The van der Waals surface area contributed by atoms with Gasteiger partial charge >= 0.3 is 5.97 Å². The molecule has 11 heteroatoms. The summed E-state index contributed by atoms with van der Waals surface area (Å²) in [5, 5.41) is 10.8. The summed E-state index contributed by atoms with van der Waals surface area (Å²) in [4.78, 5) is 23.2. The van der Waals surface area contributed by atoms with Gasteiger partial charge in [-0.05, 0) is 50.9 Å². The molecular formula is C26H30N6O3S2. The van der Waals surface area contributed by atoms with E-state index in [1.807, 2.05) is 45.0 Å². The SMILES string of the molecule is [C-]#[N+]c1c(C)nsc1N=Nc1sc(N2CCC(OC(=O)C(C)(C)CC)CC2)nc1-c1ccccc1OC. The molecule has 3 heterocycles. The van der Waals surface area contributed by atoms with Crippen LogP contribution in [0.5, 0.6) is 5.75 Å². The van der Waals surface area contributed by atoms with Gasteiger partial charge in [-0.3, -0.25) is 4.79 Å². The number of aryl methyl sites for hydroxylation is 1. The predicted octanol–water partition coefficient (Wildman–Crippen LogP) is 7.50. The Morgan fingerprint density at radius 3 is 2.62 bits per heavy atom. The van der Waals surface area contributed by atoms with Crippen molar-refractivity contribution in [3.8, 4) is 17.0 Å². The summed E-state index contributed by atoms with van der Waals surface area (Å²) < 4.78 is 15.6. The molecule has 194 valence electrons. The second-order valence-electron chi connectivity index (χ2n) is 9.41. The number of thiazole rings is 1. The van der Waals surface area contributed by atoms with Crippen molar-refractivity contribution in [1.29, 1.82) is 0 Å². The monoisotopic (exact) mass is 538 g/mol. The van der Waals surface area contributed by atoms with Crippen LogP contribution in [0.3, 0.4) is 0 Å². The highest BCUT2D eigenvalue weighted by molar-refractivity contribution is 7.19. The third-order valence-electron chi connectivity index (χ3n) is 6.54. The maximum Gasteiger partial charge on any atom is 0.311 e. The Balaban J connectivity index is 1.59. The fraction of sp³-hybridized carbons (Fsp3) is 0.462. The molecule has 1 aromatic carbocycles. The largest absolute Gasteiger partial charge is 0.496 e. The summed E-state index contributed by atoms with van der Waals surface area (Å²) >= 11 is 2.60. The average molecular weight is 539 g/mol. The van der Waals surface area contributed by atoms with E-state index in [0.717, 1.165) is 54.6 Å². The molecule has 37 heavy (non-hydrogen) atoms. The van der Waals surface area contributed by atoms with E-state index >= 15 is 0 Å². The summed E-state index contributed by atoms with van der Waals surface area (Å²) in [6.07, 6.45) is 2.12. The summed E-state index contributed by atoms with van der Waals surface area (Å²) in [7, 11) is 1.63. The summed E-state index contributed by atoms with van der Waals surface area (Å²) in [5.41, 5.74) is 2.08. The van der Waals surface area contributed by atoms with Gasteiger partial charge in [0, 0.05) is 31.5 Å². The van der Waals surface area contributed by atoms with Crippen LogP contribution in [0.4, 0.5) is 20.8 Å². The number of carbonyl (C=O) groups is 1. The minimum absolute atomic E-state index is 0.0935. The molecule has 4 rings (SSSR count). The zero-order valence-electron chi connectivity index (χ0n) is 21.6. The molecule has 0 bridgehead atoms. The number of rotatable bonds is 8. The third-order valence-corrected chi connectivity index (χ3v) is 8.35. The zero-order chi connectivity index (χ0) is 26.6. The van der Waals surface area contributed by atoms with Gasteiger partial charge in [-0.1, -0.05) is 30.4 Å². The molecule has 1 aliphatic rings. The Morgan fingerprint density at radius 1 is 1.24 bits per heavy atom. The molecule has 1 aliphatic heterocycles. The molecule has 0 amide bonds. The predicted molar refractivity (Wildman–Crippen MR) is 147 cm³/mol. The third kappa shape index (κ3) is 5.81. The van der Waals surface area contributed by atoms with Crippen LogP contribution in [0, 0.1) is 18.9 Å². The molecule has 1 fully saturated rings. The molecule has 0 N–H and O–H groups in total. The number of azo groups is 1. The lowest BCUT2D eigenvalue weighted by Gasteiger charge is -2.33. The van der Waals surface area contributed by atoms with Gasteiger partial charge in [0.05, 0.1) is 24.8 Å². The van der Waals surface area contributed by atoms with Gasteiger partial charge in [0.1, 0.15) is 17.5 Å². The van der Waals surface area contributed by atoms with Crippen LogP contribution in [0.25, 0.3) is 16.1 Å². The van der Waals surface area contributed by atoms with Crippen LogP contribution in [0.15, 0.2) is 34.5 Å². The smallest absolute Gasteiger partial charge is 0.311 e. The lowest BCUT2D eigenvalue weighted by Crippen LogP contribution is -2.39. The molecule has 0 unspecified atom stereocenters. The number of nitrogens with zero attached hydrogens (tertiary/aromatic N) is 6. The molecule has 0 aliphatic carbocycles. The van der Waals surface area contributed by atoms with Crippen LogP contribution >= 0.6 is 22.9 Å². The number of aromatic nitrogens is 2. The highest BCUT2D eigenvalue weighted by Crippen LogP contribution is 2.45. The van der Waals surface area contributed by atoms with E-state index in [1.165, 1.54) is 11.3 Å². The van der Waals surface area contributed by atoms with Gasteiger partial charge in [-0.2, -0.15) is 0 Å². The van der Waals surface area contributed by atoms with Gasteiger partial charge < -0.3 is 14.4 Å². The normalized spacial score (nSPS) is 14.6. The van der Waals surface area contributed by atoms with Crippen molar-refractivity contribution in [2.24, 2.45) is 15.6 Å². The maximum atomic E-state index is 12.5. The fourth-order valence-electron chi connectivity index (χ4n) is 3.78. The number of carbonyl (C=O) groups excluding carboxylic acids is 1. The topological polar surface area (TPSA) is 93.6 Å². The molecule has 0 atom stereocenters. The fourth-order valence-corrected chi connectivity index (χ4v) is 5.40. The Hall–Kier alpha value is -3.36. The lowest BCUT2D eigenvalue weighted by atomic mass is 9.90. The minimum atomic E-state index is -0.472. The second kappa shape index (κ2) is 11.4. The number of hydrogen-bond donors (Lipinski definition) is 0. The molecule has 9 nitrogen and oxygen atoms in total. The van der Waals surface area contributed by atoms with E-state index in [2.05, 4.69) is 24.3 Å². The quantitative estimate of drug-likeness (QED) is 0.167. The average Bonchev–Trinajstić information content (AvgIpc) is 3.50. The Labute approximate surface area is 225 Å². The van der Waals surface area contributed by atoms with Gasteiger partial charge in [-0.15, -0.1) is 10.2 Å². The molecule has 2 aromatic heterocycles. The highest BCUT2D eigenvalue weighted by atomic mass is 32.1. The van der Waals surface area contributed by atoms with E-state index in [4.69, 9.17) is 21.0 Å². The summed E-state index contributed by atoms with van der Waals surface area (Å²) in [6, 6.07) is 7.67. The molecule has 3 aromatic rings. The first-order valence-corrected chi connectivity index (χ1v) is 13.7. The maximum absolute atomic E-state index is 12.5. The summed E-state index contributed by atoms with van der Waals surface area (Å²) in [5.74, 6) is 0.552. The van der Waals surface area contributed by atoms with E-state index in [0.29, 0.717) is 32.8 Å².